The fourth-order valence-electron chi connectivity index (χ4n) is 1.94. The maximum Gasteiger partial charge on any atom is 0.0784 e. The van der Waals surface area contributed by atoms with Crippen molar-refractivity contribution in [1.29, 1.82) is 0 Å². The van der Waals surface area contributed by atoms with Crippen molar-refractivity contribution >= 4 is 0 Å². The Kier molecular flexibility index (Phi) is 7.46. The fourth-order valence-corrected chi connectivity index (χ4v) is 1.94. The van der Waals surface area contributed by atoms with Crippen LogP contribution >= 0.6 is 0 Å². The van der Waals surface area contributed by atoms with Gasteiger partial charge < -0.3 is 9.84 Å². The van der Waals surface area contributed by atoms with Crippen molar-refractivity contribution < 1.29 is 9.84 Å². The molecule has 0 fully saturated rings. The van der Waals surface area contributed by atoms with Crippen LogP contribution in [0.3, 0.4) is 0 Å². The summed E-state index contributed by atoms with van der Waals surface area (Å²) in [5.41, 5.74) is 2.47. The summed E-state index contributed by atoms with van der Waals surface area (Å²) < 4.78 is 5.97. The summed E-state index contributed by atoms with van der Waals surface area (Å²) in [6.45, 7) is 7.20. The van der Waals surface area contributed by atoms with Gasteiger partial charge in [-0.2, -0.15) is 0 Å². The lowest BCUT2D eigenvalue weighted by molar-refractivity contribution is 0.0617. The van der Waals surface area contributed by atoms with Crippen LogP contribution in [-0.4, -0.2) is 17.8 Å². The summed E-state index contributed by atoms with van der Waals surface area (Å²) >= 11 is 0. The van der Waals surface area contributed by atoms with Gasteiger partial charge >= 0.3 is 0 Å². The van der Waals surface area contributed by atoms with E-state index >= 15 is 0 Å². The first-order valence-corrected chi connectivity index (χ1v) is 7.10. The summed E-state index contributed by atoms with van der Waals surface area (Å²) in [6.07, 6.45) is 4.25. The van der Waals surface area contributed by atoms with E-state index in [1.165, 1.54) is 11.1 Å². The van der Waals surface area contributed by atoms with Gasteiger partial charge in [0.15, 0.2) is 0 Å². The molecule has 0 bridgehead atoms. The summed E-state index contributed by atoms with van der Waals surface area (Å²) in [5.74, 6) is 0.321. The largest absolute Gasteiger partial charge is 0.396 e. The normalized spacial score (nSPS) is 15.3. The molecule has 2 heteroatoms. The minimum atomic E-state index is 0.172. The summed E-state index contributed by atoms with van der Waals surface area (Å²) in [7, 11) is 0. The minimum Gasteiger partial charge on any atom is -0.396 e. The number of hydrogen-bond donors (Lipinski definition) is 1. The Bertz CT molecular complexity index is 370. The van der Waals surface area contributed by atoms with Crippen LogP contribution in [0.1, 0.15) is 39.2 Å². The quantitative estimate of drug-likeness (QED) is 0.719. The number of aliphatic hydroxyl groups excluding tert-OH is 1. The molecule has 0 aromatic heterocycles. The lowest BCUT2D eigenvalue weighted by Crippen LogP contribution is -2.13. The standard InChI is InChI=1S/C17H26O2/c1-4-17(15(3)11-10-14(2)12-18)19-13-16-8-6-5-7-9-16/h5-9,11,14,17-18H,4,10,12-13H2,1-3H3/b15-11+/t14-,17+/m1/s1. The molecule has 0 aliphatic rings. The van der Waals surface area contributed by atoms with Crippen molar-refractivity contribution in [2.45, 2.75) is 46.3 Å². The predicted molar refractivity (Wildman–Crippen MR) is 79.9 cm³/mol. The Balaban J connectivity index is 2.48. The second-order valence-corrected chi connectivity index (χ2v) is 5.17. The summed E-state index contributed by atoms with van der Waals surface area (Å²) in [5, 5.41) is 9.03. The number of rotatable bonds is 8. The van der Waals surface area contributed by atoms with Crippen molar-refractivity contribution in [3.05, 3.63) is 47.5 Å². The van der Waals surface area contributed by atoms with Crippen molar-refractivity contribution in [2.75, 3.05) is 6.61 Å². The molecule has 0 radical (unpaired) electrons. The zero-order chi connectivity index (χ0) is 14.1. The SMILES string of the molecule is CC[C@H](OCc1ccccc1)/C(C)=C/C[C@@H](C)CO. The lowest BCUT2D eigenvalue weighted by atomic mass is 10.0. The second-order valence-electron chi connectivity index (χ2n) is 5.17. The van der Waals surface area contributed by atoms with Crippen molar-refractivity contribution in [2.24, 2.45) is 5.92 Å². The highest BCUT2D eigenvalue weighted by Gasteiger charge is 2.09. The van der Waals surface area contributed by atoms with E-state index in [-0.39, 0.29) is 12.7 Å². The van der Waals surface area contributed by atoms with E-state index in [0.29, 0.717) is 12.5 Å². The molecule has 0 unspecified atom stereocenters. The number of aliphatic hydroxyl groups is 1. The monoisotopic (exact) mass is 262 g/mol. The highest BCUT2D eigenvalue weighted by molar-refractivity contribution is 5.14. The van der Waals surface area contributed by atoms with Gasteiger partial charge in [-0.3, -0.25) is 0 Å². The Labute approximate surface area is 117 Å². The van der Waals surface area contributed by atoms with Crippen LogP contribution in [-0.2, 0) is 11.3 Å². The van der Waals surface area contributed by atoms with Crippen LogP contribution in [0.25, 0.3) is 0 Å². The average molecular weight is 262 g/mol. The van der Waals surface area contributed by atoms with Gasteiger partial charge in [-0.05, 0) is 36.8 Å². The average Bonchev–Trinajstić information content (AvgIpc) is 2.46. The highest BCUT2D eigenvalue weighted by atomic mass is 16.5. The lowest BCUT2D eigenvalue weighted by Gasteiger charge is -2.18. The molecular formula is C17H26O2. The molecule has 0 heterocycles. The number of benzene rings is 1. The van der Waals surface area contributed by atoms with Crippen LogP contribution in [0.4, 0.5) is 0 Å². The van der Waals surface area contributed by atoms with E-state index in [1.807, 2.05) is 18.2 Å². The minimum absolute atomic E-state index is 0.172. The molecule has 0 spiro atoms. The summed E-state index contributed by atoms with van der Waals surface area (Å²) in [6, 6.07) is 10.2. The van der Waals surface area contributed by atoms with Crippen LogP contribution in [0.5, 0.6) is 0 Å². The van der Waals surface area contributed by atoms with Gasteiger partial charge in [-0.25, -0.2) is 0 Å². The van der Waals surface area contributed by atoms with Gasteiger partial charge in [0.2, 0.25) is 0 Å². The third-order valence-electron chi connectivity index (χ3n) is 3.33. The molecular weight excluding hydrogens is 236 g/mol. The molecule has 1 N–H and O–H groups in total. The number of allylic oxidation sites excluding steroid dienone is 1. The van der Waals surface area contributed by atoms with E-state index < -0.39 is 0 Å². The third-order valence-corrected chi connectivity index (χ3v) is 3.33. The molecule has 1 aromatic carbocycles. The fraction of sp³-hybridized carbons (Fsp3) is 0.529. The van der Waals surface area contributed by atoms with Crippen molar-refractivity contribution in [3.63, 3.8) is 0 Å². The first-order chi connectivity index (χ1) is 9.17. The molecule has 0 aliphatic heterocycles. The first-order valence-electron chi connectivity index (χ1n) is 7.10. The third kappa shape index (κ3) is 6.04. The molecule has 1 rings (SSSR count). The molecule has 0 saturated heterocycles. The highest BCUT2D eigenvalue weighted by Crippen LogP contribution is 2.15. The Morgan fingerprint density at radius 1 is 1.32 bits per heavy atom. The van der Waals surface area contributed by atoms with Crippen molar-refractivity contribution in [3.8, 4) is 0 Å². The van der Waals surface area contributed by atoms with E-state index in [1.54, 1.807) is 0 Å². The zero-order valence-corrected chi connectivity index (χ0v) is 12.3. The maximum atomic E-state index is 9.03. The molecule has 1 aromatic rings. The first kappa shape index (κ1) is 15.9. The molecule has 19 heavy (non-hydrogen) atoms. The van der Waals surface area contributed by atoms with Gasteiger partial charge in [0.25, 0.3) is 0 Å². The van der Waals surface area contributed by atoms with Crippen LogP contribution in [0.15, 0.2) is 42.0 Å². The van der Waals surface area contributed by atoms with Gasteiger partial charge in [0.05, 0.1) is 12.7 Å². The van der Waals surface area contributed by atoms with Gasteiger partial charge in [0, 0.05) is 6.61 Å². The van der Waals surface area contributed by atoms with Gasteiger partial charge in [-0.15, -0.1) is 0 Å². The number of ether oxygens (including phenoxy) is 1. The van der Waals surface area contributed by atoms with E-state index in [9.17, 15) is 0 Å². The zero-order valence-electron chi connectivity index (χ0n) is 12.3. The molecule has 0 aliphatic carbocycles. The molecule has 0 saturated carbocycles. The molecule has 106 valence electrons. The van der Waals surface area contributed by atoms with E-state index in [0.717, 1.165) is 12.8 Å². The van der Waals surface area contributed by atoms with Crippen LogP contribution < -0.4 is 0 Å². The topological polar surface area (TPSA) is 29.5 Å². The molecule has 2 nitrogen and oxygen atoms in total. The Hall–Kier alpha value is -1.12. The number of hydrogen-bond acceptors (Lipinski definition) is 2. The Morgan fingerprint density at radius 3 is 2.58 bits per heavy atom. The second kappa shape index (κ2) is 8.89. The summed E-state index contributed by atoms with van der Waals surface area (Å²) in [4.78, 5) is 0. The smallest absolute Gasteiger partial charge is 0.0784 e. The van der Waals surface area contributed by atoms with Crippen LogP contribution in [0, 0.1) is 5.92 Å². The molecule has 2 atom stereocenters. The van der Waals surface area contributed by atoms with Crippen molar-refractivity contribution in [1.82, 2.24) is 0 Å². The van der Waals surface area contributed by atoms with Crippen LogP contribution in [0.2, 0.25) is 0 Å². The Morgan fingerprint density at radius 2 is 2.00 bits per heavy atom. The van der Waals surface area contributed by atoms with E-state index in [4.69, 9.17) is 9.84 Å². The van der Waals surface area contributed by atoms with Gasteiger partial charge in [0.1, 0.15) is 0 Å². The predicted octanol–water partition coefficient (Wildman–Crippen LogP) is 3.95. The van der Waals surface area contributed by atoms with E-state index in [2.05, 4.69) is 39.0 Å². The molecule has 0 amide bonds. The maximum absolute atomic E-state index is 9.03. The van der Waals surface area contributed by atoms with Gasteiger partial charge in [-0.1, -0.05) is 50.3 Å².